The summed E-state index contributed by atoms with van der Waals surface area (Å²) in [6, 6.07) is 35.1. The lowest BCUT2D eigenvalue weighted by Gasteiger charge is -2.22. The Hall–Kier alpha value is -4.85. The van der Waals surface area contributed by atoms with Crippen LogP contribution < -0.4 is 5.32 Å². The number of nitrogens with one attached hydrogen (secondary N) is 1. The molecule has 6 nitrogen and oxygen atoms in total. The Labute approximate surface area is 282 Å². The predicted octanol–water partition coefficient (Wildman–Crippen LogP) is 9.04. The number of carbonyl (C=O) groups excluding carboxylic acids is 2. The van der Waals surface area contributed by atoms with Crippen LogP contribution >= 0.6 is 0 Å². The molecule has 48 heavy (non-hydrogen) atoms. The van der Waals surface area contributed by atoms with Crippen molar-refractivity contribution in [1.82, 2.24) is 4.57 Å². The highest BCUT2D eigenvalue weighted by Crippen LogP contribution is 2.42. The van der Waals surface area contributed by atoms with Gasteiger partial charge >= 0.3 is 0 Å². The summed E-state index contributed by atoms with van der Waals surface area (Å²) in [6.45, 7) is 6.35. The number of aromatic nitrogens is 1. The Morgan fingerprint density at radius 1 is 0.833 bits per heavy atom. The Morgan fingerprint density at radius 3 is 2.04 bits per heavy atom. The maximum Gasteiger partial charge on any atom is 0.258 e. The van der Waals surface area contributed by atoms with Crippen molar-refractivity contribution in [2.45, 2.75) is 71.3 Å². The number of amides is 1. The maximum absolute atomic E-state index is 14.3. The van der Waals surface area contributed by atoms with Gasteiger partial charge in [-0.2, -0.15) is 0 Å². The second-order valence-corrected chi connectivity index (χ2v) is 12.5. The summed E-state index contributed by atoms with van der Waals surface area (Å²) in [4.78, 5) is 26.4. The molecule has 2 N–H and O–H groups in total. The van der Waals surface area contributed by atoms with Gasteiger partial charge in [-0.05, 0) is 72.4 Å². The van der Waals surface area contributed by atoms with E-state index in [1.807, 2.05) is 105 Å². The number of halogens is 1. The van der Waals surface area contributed by atoms with Gasteiger partial charge in [0.05, 0.1) is 30.1 Å². The fourth-order valence-electron chi connectivity index (χ4n) is 6.23. The molecule has 0 saturated heterocycles. The number of aliphatic hydroxyl groups is 1. The van der Waals surface area contributed by atoms with Gasteiger partial charge in [0.1, 0.15) is 11.6 Å². The third kappa shape index (κ3) is 8.73. The first kappa shape index (κ1) is 34.5. The van der Waals surface area contributed by atoms with Crippen LogP contribution in [0.3, 0.4) is 0 Å². The molecule has 0 aliphatic rings. The van der Waals surface area contributed by atoms with Crippen molar-refractivity contribution >= 4 is 17.4 Å². The van der Waals surface area contributed by atoms with E-state index in [-0.39, 0.29) is 36.3 Å². The number of hydrogen-bond acceptors (Lipinski definition) is 4. The number of rotatable bonds is 15. The fourth-order valence-corrected chi connectivity index (χ4v) is 6.23. The van der Waals surface area contributed by atoms with Gasteiger partial charge in [0, 0.05) is 36.3 Å². The highest BCUT2D eigenvalue weighted by Gasteiger charge is 2.31. The van der Waals surface area contributed by atoms with Crippen LogP contribution in [0, 0.1) is 5.82 Å². The lowest BCUT2D eigenvalue weighted by atomic mass is 9.94. The zero-order chi connectivity index (χ0) is 34.0. The summed E-state index contributed by atoms with van der Waals surface area (Å²) in [5, 5.41) is 14.5. The second-order valence-electron chi connectivity index (χ2n) is 12.5. The van der Waals surface area contributed by atoms with Crippen molar-refractivity contribution in [2.75, 3.05) is 5.32 Å². The quantitative estimate of drug-likeness (QED) is 0.119. The molecule has 4 aromatic carbocycles. The van der Waals surface area contributed by atoms with Crippen molar-refractivity contribution in [3.05, 3.63) is 138 Å². The molecule has 0 fully saturated rings. The number of para-hydroxylation sites is 1. The molecule has 1 heterocycles. The van der Waals surface area contributed by atoms with Crippen LogP contribution in [0.5, 0.6) is 0 Å². The number of ketones is 1. The third-order valence-corrected chi connectivity index (χ3v) is 8.35. The molecule has 1 amide bonds. The van der Waals surface area contributed by atoms with Crippen LogP contribution in [0.4, 0.5) is 10.1 Å². The Bertz CT molecular complexity index is 1790. The lowest BCUT2D eigenvalue weighted by Crippen LogP contribution is -2.24. The van der Waals surface area contributed by atoms with Gasteiger partial charge in [-0.1, -0.05) is 92.7 Å². The zero-order valence-electron chi connectivity index (χ0n) is 27.7. The third-order valence-electron chi connectivity index (χ3n) is 8.35. The first-order valence-electron chi connectivity index (χ1n) is 16.5. The first-order valence-corrected chi connectivity index (χ1v) is 16.5. The minimum Gasteiger partial charge on any atom is -0.393 e. The summed E-state index contributed by atoms with van der Waals surface area (Å²) in [5.74, 6) is -0.683. The van der Waals surface area contributed by atoms with E-state index in [0.717, 1.165) is 33.6 Å². The average molecular weight is 647 g/mol. The zero-order valence-corrected chi connectivity index (χ0v) is 27.7. The van der Waals surface area contributed by atoms with Crippen molar-refractivity contribution in [3.63, 3.8) is 0 Å². The highest BCUT2D eigenvalue weighted by atomic mass is 19.1. The molecule has 0 aliphatic heterocycles. The SMILES string of the molecule is CC(=O)C[C@@H](C[C@H](O)CCn1c(-c2ccc(F)cc2)c(-c2ccccc2)c(C(=O)Nc2ccccc2)c1C(C)C)OCc1ccccc1. The number of carbonyl (C=O) groups is 2. The van der Waals surface area contributed by atoms with E-state index in [4.69, 9.17) is 4.74 Å². The Kier molecular flexibility index (Phi) is 11.7. The normalized spacial score (nSPS) is 12.5. The maximum atomic E-state index is 14.3. The van der Waals surface area contributed by atoms with Crippen molar-refractivity contribution < 1.29 is 23.8 Å². The van der Waals surface area contributed by atoms with Crippen LogP contribution in [0.1, 0.15) is 67.6 Å². The first-order chi connectivity index (χ1) is 23.2. The monoisotopic (exact) mass is 646 g/mol. The molecule has 7 heteroatoms. The molecule has 0 bridgehead atoms. The van der Waals surface area contributed by atoms with E-state index in [1.54, 1.807) is 12.1 Å². The van der Waals surface area contributed by atoms with Gasteiger partial charge in [0.25, 0.3) is 5.91 Å². The topological polar surface area (TPSA) is 80.6 Å². The molecule has 5 rings (SSSR count). The van der Waals surface area contributed by atoms with Crippen LogP contribution in [-0.4, -0.2) is 33.6 Å². The number of benzene rings is 4. The summed E-state index contributed by atoms with van der Waals surface area (Å²) in [5.41, 5.74) is 6.15. The van der Waals surface area contributed by atoms with Gasteiger partial charge in [0.15, 0.2) is 0 Å². The van der Waals surface area contributed by atoms with Gasteiger partial charge < -0.3 is 19.7 Å². The largest absolute Gasteiger partial charge is 0.393 e. The van der Waals surface area contributed by atoms with Gasteiger partial charge in [-0.25, -0.2) is 4.39 Å². The van der Waals surface area contributed by atoms with Gasteiger partial charge in [-0.15, -0.1) is 0 Å². The Morgan fingerprint density at radius 2 is 1.44 bits per heavy atom. The standard InChI is InChI=1S/C41H43FN2O4/c1-28(2)39-38(41(47)43-34-17-11-6-12-18-34)37(31-15-9-5-10-16-31)40(32-19-21-33(42)22-20-32)44(39)24-23-35(46)26-36(25-29(3)45)48-27-30-13-7-4-8-14-30/h4-22,28,35-36,46H,23-27H2,1-3H3,(H,43,47)/t35-,36+/m1/s1. The van der Waals surface area contributed by atoms with Crippen molar-refractivity contribution in [3.8, 4) is 22.4 Å². The molecule has 0 unspecified atom stereocenters. The van der Waals surface area contributed by atoms with Crippen molar-refractivity contribution in [2.24, 2.45) is 0 Å². The molecular weight excluding hydrogens is 603 g/mol. The molecule has 2 atom stereocenters. The van der Waals surface area contributed by atoms with E-state index in [1.165, 1.54) is 19.1 Å². The minimum atomic E-state index is -0.782. The minimum absolute atomic E-state index is 0.00654. The number of ether oxygens (including phenoxy) is 1. The van der Waals surface area contributed by atoms with Crippen LogP contribution in [-0.2, 0) is 22.7 Å². The van der Waals surface area contributed by atoms with Gasteiger partial charge in [-0.3, -0.25) is 9.59 Å². The number of hydrogen-bond donors (Lipinski definition) is 2. The number of anilines is 1. The number of nitrogens with zero attached hydrogens (tertiary/aromatic N) is 1. The molecule has 5 aromatic rings. The summed E-state index contributed by atoms with van der Waals surface area (Å²) in [7, 11) is 0. The molecule has 0 spiro atoms. The highest BCUT2D eigenvalue weighted by molar-refractivity contribution is 6.12. The van der Waals surface area contributed by atoms with E-state index in [2.05, 4.69) is 9.88 Å². The van der Waals surface area contributed by atoms with E-state index in [9.17, 15) is 19.1 Å². The van der Waals surface area contributed by atoms with E-state index >= 15 is 0 Å². The fraction of sp³-hybridized carbons (Fsp3) is 0.268. The predicted molar refractivity (Wildman–Crippen MR) is 189 cm³/mol. The molecular formula is C41H43FN2O4. The van der Waals surface area contributed by atoms with E-state index in [0.29, 0.717) is 30.8 Å². The molecule has 0 radical (unpaired) electrons. The molecule has 1 aromatic heterocycles. The average Bonchev–Trinajstić information content (AvgIpc) is 3.43. The summed E-state index contributed by atoms with van der Waals surface area (Å²) >= 11 is 0. The Balaban J connectivity index is 1.54. The van der Waals surface area contributed by atoms with Crippen molar-refractivity contribution in [1.29, 1.82) is 0 Å². The molecule has 248 valence electrons. The molecule has 0 saturated carbocycles. The summed E-state index contributed by atoms with van der Waals surface area (Å²) in [6.07, 6.45) is -0.401. The number of Topliss-reactive ketones (excluding diaryl/α,β-unsaturated/α-hetero) is 1. The van der Waals surface area contributed by atoms with Gasteiger partial charge in [0.2, 0.25) is 0 Å². The summed E-state index contributed by atoms with van der Waals surface area (Å²) < 4.78 is 22.4. The van der Waals surface area contributed by atoms with Crippen LogP contribution in [0.25, 0.3) is 22.4 Å². The van der Waals surface area contributed by atoms with E-state index < -0.39 is 12.2 Å². The number of aliphatic hydroxyl groups excluding tert-OH is 1. The smallest absolute Gasteiger partial charge is 0.258 e. The lowest BCUT2D eigenvalue weighted by molar-refractivity contribution is -0.120. The van der Waals surface area contributed by atoms with Crippen LogP contribution in [0.15, 0.2) is 115 Å². The molecule has 0 aliphatic carbocycles. The van der Waals surface area contributed by atoms with Crippen LogP contribution in [0.2, 0.25) is 0 Å². The second kappa shape index (κ2) is 16.3.